The number of ether oxygens (including phenoxy) is 2. The van der Waals surface area contributed by atoms with Gasteiger partial charge in [-0.25, -0.2) is 0 Å². The minimum absolute atomic E-state index is 0.464. The summed E-state index contributed by atoms with van der Waals surface area (Å²) in [5.74, 6) is 1.61. The molecule has 0 spiro atoms. The molecule has 0 N–H and O–H groups in total. The Morgan fingerprint density at radius 2 is 1.36 bits per heavy atom. The van der Waals surface area contributed by atoms with Gasteiger partial charge in [0, 0.05) is 17.5 Å². The van der Waals surface area contributed by atoms with Crippen molar-refractivity contribution in [2.75, 3.05) is 14.2 Å². The third kappa shape index (κ3) is 3.39. The first-order chi connectivity index (χ1) is 13.7. The Bertz CT molecular complexity index is 1090. The number of benzene rings is 3. The van der Waals surface area contributed by atoms with Gasteiger partial charge in [-0.15, -0.1) is 5.10 Å². The van der Waals surface area contributed by atoms with E-state index in [4.69, 9.17) is 21.1 Å². The van der Waals surface area contributed by atoms with E-state index < -0.39 is 0 Å². The van der Waals surface area contributed by atoms with Gasteiger partial charge in [-0.3, -0.25) is 0 Å². The minimum atomic E-state index is 0.464. The van der Waals surface area contributed by atoms with Gasteiger partial charge >= 0.3 is 0 Å². The van der Waals surface area contributed by atoms with Crippen molar-refractivity contribution in [1.82, 2.24) is 0 Å². The molecule has 0 atom stereocenters. The largest absolute Gasteiger partial charge is 0.496 e. The first-order valence-corrected chi connectivity index (χ1v) is 9.28. The van der Waals surface area contributed by atoms with Gasteiger partial charge in [-0.2, -0.15) is 5.10 Å². The average Bonchev–Trinajstić information content (AvgIpc) is 2.92. The number of methoxy groups -OCH3 is 2. The molecule has 1 aliphatic rings. The van der Waals surface area contributed by atoms with Crippen LogP contribution in [0.2, 0.25) is 0 Å². The maximum Gasteiger partial charge on any atom is 0.133 e. The highest BCUT2D eigenvalue weighted by Crippen LogP contribution is 2.42. The number of para-hydroxylation sites is 2. The number of nitrogens with zero attached hydrogens (tertiary/aromatic N) is 2. The summed E-state index contributed by atoms with van der Waals surface area (Å²) < 4.78 is 11.3. The molecule has 0 unspecified atom stereocenters. The Hall–Kier alpha value is -3.11. The highest BCUT2D eigenvalue weighted by Gasteiger charge is 2.19. The van der Waals surface area contributed by atoms with Crippen LogP contribution in [0.25, 0.3) is 22.3 Å². The molecular weight excluding hydrogens is 372 g/mol. The molecule has 28 heavy (non-hydrogen) atoms. The summed E-state index contributed by atoms with van der Waals surface area (Å²) in [6.45, 7) is 0. The summed E-state index contributed by atoms with van der Waals surface area (Å²) in [6.07, 6.45) is 2.28. The molecule has 0 aromatic heterocycles. The molecule has 0 aliphatic carbocycles. The lowest BCUT2D eigenvalue weighted by atomic mass is 9.88. The number of rotatable bonds is 4. The van der Waals surface area contributed by atoms with E-state index in [1.165, 1.54) is 0 Å². The smallest absolute Gasteiger partial charge is 0.133 e. The molecule has 1 aliphatic heterocycles. The van der Waals surface area contributed by atoms with E-state index in [1.54, 1.807) is 20.4 Å². The molecule has 4 rings (SSSR count). The first kappa shape index (κ1) is 18.3. The third-order valence-electron chi connectivity index (χ3n) is 4.77. The summed E-state index contributed by atoms with van der Waals surface area (Å²) in [5.41, 5.74) is 6.13. The second-order valence-corrected chi connectivity index (χ2v) is 6.83. The molecule has 140 valence electrons. The van der Waals surface area contributed by atoms with E-state index in [2.05, 4.69) is 34.5 Å². The lowest BCUT2D eigenvalue weighted by Crippen LogP contribution is -2.00. The van der Waals surface area contributed by atoms with Crippen molar-refractivity contribution in [3.05, 3.63) is 71.8 Å². The number of hydrogen-bond acceptors (Lipinski definition) is 4. The fourth-order valence-electron chi connectivity index (χ4n) is 3.46. The topological polar surface area (TPSA) is 43.2 Å². The van der Waals surface area contributed by atoms with E-state index in [-0.39, 0.29) is 0 Å². The molecule has 0 radical (unpaired) electrons. The number of halogens is 1. The van der Waals surface area contributed by atoms with E-state index in [0.29, 0.717) is 11.6 Å². The van der Waals surface area contributed by atoms with Crippen molar-refractivity contribution < 1.29 is 9.47 Å². The van der Waals surface area contributed by atoms with Crippen LogP contribution in [0.1, 0.15) is 11.1 Å². The molecule has 4 nitrogen and oxygen atoms in total. The Morgan fingerprint density at radius 3 is 1.96 bits per heavy atom. The van der Waals surface area contributed by atoms with Gasteiger partial charge < -0.3 is 9.47 Å². The van der Waals surface area contributed by atoms with E-state index in [9.17, 15) is 0 Å². The van der Waals surface area contributed by atoms with Crippen LogP contribution in [0.3, 0.4) is 0 Å². The highest BCUT2D eigenvalue weighted by atomic mass is 35.5. The van der Waals surface area contributed by atoms with Gasteiger partial charge in [-0.05, 0) is 46.5 Å². The maximum atomic E-state index is 6.20. The molecule has 0 bridgehead atoms. The quantitative estimate of drug-likeness (QED) is 0.584. The van der Waals surface area contributed by atoms with Crippen LogP contribution in [-0.2, 0) is 6.42 Å². The van der Waals surface area contributed by atoms with Gasteiger partial charge in [0.15, 0.2) is 0 Å². The van der Waals surface area contributed by atoms with Crippen LogP contribution in [-0.4, -0.2) is 25.6 Å². The fraction of sp³-hybridized carbons (Fsp3) is 0.130. The minimum Gasteiger partial charge on any atom is -0.496 e. The molecular formula is C23H19ClN2O2. The summed E-state index contributed by atoms with van der Waals surface area (Å²) in [4.78, 5) is 0. The zero-order chi connectivity index (χ0) is 19.5. The molecule has 1 heterocycles. The Balaban J connectivity index is 2.03. The number of hydrogen-bond donors (Lipinski definition) is 0. The monoisotopic (exact) mass is 390 g/mol. The average molecular weight is 391 g/mol. The maximum absolute atomic E-state index is 6.20. The molecule has 0 fully saturated rings. The van der Waals surface area contributed by atoms with Gasteiger partial charge in [0.1, 0.15) is 16.7 Å². The molecule has 5 heteroatoms. The number of fused-ring (bicyclic) bond motifs is 1. The van der Waals surface area contributed by atoms with E-state index >= 15 is 0 Å². The van der Waals surface area contributed by atoms with Crippen LogP contribution in [0.5, 0.6) is 11.5 Å². The van der Waals surface area contributed by atoms with Crippen molar-refractivity contribution in [1.29, 1.82) is 0 Å². The zero-order valence-corrected chi connectivity index (χ0v) is 16.4. The van der Waals surface area contributed by atoms with Crippen LogP contribution in [0.15, 0.2) is 70.9 Å². The van der Waals surface area contributed by atoms with Gasteiger partial charge in [0.05, 0.1) is 20.4 Å². The molecule has 3 aromatic rings. The van der Waals surface area contributed by atoms with Crippen molar-refractivity contribution in [3.8, 4) is 33.8 Å². The summed E-state index contributed by atoms with van der Waals surface area (Å²) in [5, 5.41) is 8.56. The predicted molar refractivity (Wildman–Crippen MR) is 115 cm³/mol. The van der Waals surface area contributed by atoms with Gasteiger partial charge in [0.2, 0.25) is 0 Å². The summed E-state index contributed by atoms with van der Waals surface area (Å²) >= 11 is 6.20. The van der Waals surface area contributed by atoms with Crippen LogP contribution >= 0.6 is 11.6 Å². The van der Waals surface area contributed by atoms with Crippen molar-refractivity contribution in [3.63, 3.8) is 0 Å². The van der Waals surface area contributed by atoms with Gasteiger partial charge in [0.25, 0.3) is 0 Å². The predicted octanol–water partition coefficient (Wildman–Crippen LogP) is 5.57. The third-order valence-corrected chi connectivity index (χ3v) is 4.98. The van der Waals surface area contributed by atoms with Gasteiger partial charge in [-0.1, -0.05) is 48.0 Å². The Morgan fingerprint density at radius 1 is 0.786 bits per heavy atom. The summed E-state index contributed by atoms with van der Waals surface area (Å²) in [6, 6.07) is 20.2. The van der Waals surface area contributed by atoms with E-state index in [1.807, 2.05) is 36.4 Å². The normalized spacial score (nSPS) is 12.8. The lowest BCUT2D eigenvalue weighted by molar-refractivity contribution is 0.416. The van der Waals surface area contributed by atoms with E-state index in [0.717, 1.165) is 44.9 Å². The van der Waals surface area contributed by atoms with Crippen molar-refractivity contribution >= 4 is 23.0 Å². The molecule has 0 saturated carbocycles. The van der Waals surface area contributed by atoms with Crippen LogP contribution in [0.4, 0.5) is 0 Å². The first-order valence-electron chi connectivity index (χ1n) is 8.90. The second-order valence-electron chi connectivity index (χ2n) is 6.39. The lowest BCUT2D eigenvalue weighted by Gasteiger charge is -2.18. The van der Waals surface area contributed by atoms with Crippen LogP contribution < -0.4 is 9.47 Å². The Labute approximate surface area is 169 Å². The van der Waals surface area contributed by atoms with Crippen LogP contribution in [0, 0.1) is 0 Å². The molecule has 3 aromatic carbocycles. The van der Waals surface area contributed by atoms with Crippen molar-refractivity contribution in [2.24, 2.45) is 10.2 Å². The standard InChI is InChI=1S/C23H19ClN2O2/c1-27-21-9-5-3-7-17(21)19-11-15-13-23(24)26-25-14-16(15)12-20(19)18-8-4-6-10-22(18)28-2/h3-12,14H,13H2,1-2H3. The second kappa shape index (κ2) is 7.87. The molecule has 0 amide bonds. The highest BCUT2D eigenvalue weighted by molar-refractivity contribution is 6.65. The SMILES string of the molecule is COc1ccccc1-c1cc2c(cc1-c1ccccc1OC)CC(Cl)=NN=C2. The Kier molecular flexibility index (Phi) is 5.13. The fourth-order valence-corrected chi connectivity index (χ4v) is 3.65. The zero-order valence-electron chi connectivity index (χ0n) is 15.6. The molecule has 0 saturated heterocycles. The summed E-state index contributed by atoms with van der Waals surface area (Å²) in [7, 11) is 3.36. The van der Waals surface area contributed by atoms with Crippen molar-refractivity contribution in [2.45, 2.75) is 6.42 Å².